The predicted octanol–water partition coefficient (Wildman–Crippen LogP) is 0.456. The minimum absolute atomic E-state index is 0.0647. The molecule has 5 N–H and O–H groups in total. The highest BCUT2D eigenvalue weighted by atomic mass is 16.6. The number of hydrogen-bond acceptors (Lipinski definition) is 5. The fourth-order valence-electron chi connectivity index (χ4n) is 1.15. The molecule has 0 aromatic heterocycles. The van der Waals surface area contributed by atoms with E-state index in [0.29, 0.717) is 17.6 Å². The van der Waals surface area contributed by atoms with Gasteiger partial charge in [0.25, 0.3) is 6.20 Å². The number of hydrogen-bond donors (Lipinski definition) is 3. The fourth-order valence-corrected chi connectivity index (χ4v) is 1.15. The van der Waals surface area contributed by atoms with Crippen LogP contribution in [0.4, 0.5) is 5.69 Å². The number of nitrogens with one attached hydrogen (secondary N) is 1. The maximum Gasteiger partial charge on any atom is 0.276 e. The van der Waals surface area contributed by atoms with E-state index in [1.807, 2.05) is 0 Å². The Balaban J connectivity index is 2.89. The molecule has 0 radical (unpaired) electrons. The predicted molar refractivity (Wildman–Crippen MR) is 67.5 cm³/mol. The molecule has 0 saturated carbocycles. The highest BCUT2D eigenvalue weighted by Gasteiger charge is 2.03. The normalized spacial score (nSPS) is 10.6. The molecule has 0 fully saturated rings. The van der Waals surface area contributed by atoms with Crippen LogP contribution in [0.15, 0.2) is 41.3 Å². The zero-order chi connectivity index (χ0) is 13.5. The molecule has 96 valence electrons. The summed E-state index contributed by atoms with van der Waals surface area (Å²) in [6.07, 6.45) is 0.671. The molecule has 0 heterocycles. The molecule has 8 heteroatoms. The van der Waals surface area contributed by atoms with Gasteiger partial charge in [0.2, 0.25) is 5.82 Å². The molecule has 18 heavy (non-hydrogen) atoms. The summed E-state index contributed by atoms with van der Waals surface area (Å²) in [6.45, 7) is 0. The number of nitrogens with zero attached hydrogens (tertiary/aromatic N) is 2. The van der Waals surface area contributed by atoms with Gasteiger partial charge in [0, 0.05) is 5.69 Å². The second-order valence-electron chi connectivity index (χ2n) is 3.19. The lowest BCUT2D eigenvalue weighted by Gasteiger charge is -2.06. The quantitative estimate of drug-likeness (QED) is 0.301. The average Bonchev–Trinajstić information content (AvgIpc) is 2.28. The van der Waals surface area contributed by atoms with Crippen LogP contribution >= 0.6 is 0 Å². The number of rotatable bonds is 5. The number of anilines is 1. The van der Waals surface area contributed by atoms with Crippen LogP contribution in [0.3, 0.4) is 0 Å². The van der Waals surface area contributed by atoms with Gasteiger partial charge in [-0.05, 0) is 24.3 Å². The lowest BCUT2D eigenvalue weighted by molar-refractivity contribution is -0.403. The Morgan fingerprint density at radius 1 is 1.44 bits per heavy atom. The van der Waals surface area contributed by atoms with Crippen LogP contribution in [0.1, 0.15) is 0 Å². The van der Waals surface area contributed by atoms with Crippen LogP contribution in [-0.4, -0.2) is 18.0 Å². The topological polar surface area (TPSA) is 129 Å². The Kier molecular flexibility index (Phi) is 4.50. The van der Waals surface area contributed by atoms with Crippen molar-refractivity contribution >= 4 is 11.6 Å². The van der Waals surface area contributed by atoms with Crippen molar-refractivity contribution in [1.29, 1.82) is 0 Å². The first-order chi connectivity index (χ1) is 8.51. The molecule has 1 aromatic rings. The van der Waals surface area contributed by atoms with E-state index in [-0.39, 0.29) is 11.8 Å². The summed E-state index contributed by atoms with van der Waals surface area (Å²) in [5, 5.41) is 13.1. The lowest BCUT2D eigenvalue weighted by Crippen LogP contribution is -2.23. The summed E-state index contributed by atoms with van der Waals surface area (Å²) in [5.41, 5.74) is 10.9. The Bertz CT molecular complexity index is 477. The lowest BCUT2D eigenvalue weighted by atomic mass is 10.3. The van der Waals surface area contributed by atoms with E-state index in [9.17, 15) is 10.1 Å². The molecular weight excluding hydrogens is 238 g/mol. The largest absolute Gasteiger partial charge is 0.497 e. The first kappa shape index (κ1) is 13.3. The van der Waals surface area contributed by atoms with Gasteiger partial charge in [0.05, 0.1) is 12.0 Å². The van der Waals surface area contributed by atoms with Crippen LogP contribution in [0.25, 0.3) is 0 Å². The Hall–Kier alpha value is -2.77. The van der Waals surface area contributed by atoms with Gasteiger partial charge < -0.3 is 21.5 Å². The van der Waals surface area contributed by atoms with Crippen molar-refractivity contribution in [3.05, 3.63) is 46.4 Å². The van der Waals surface area contributed by atoms with Crippen molar-refractivity contribution in [2.45, 2.75) is 0 Å². The molecule has 0 unspecified atom stereocenters. The molecule has 0 saturated heterocycles. The Labute approximate surface area is 103 Å². The molecule has 0 bridgehead atoms. The molecule has 0 amide bonds. The highest BCUT2D eigenvalue weighted by Crippen LogP contribution is 2.16. The minimum Gasteiger partial charge on any atom is -0.497 e. The average molecular weight is 251 g/mol. The van der Waals surface area contributed by atoms with Crippen LogP contribution in [0, 0.1) is 10.1 Å². The molecule has 0 aliphatic heterocycles. The molecule has 0 aliphatic carbocycles. The SMILES string of the molecule is COc1ccc(NC(=C[N+](=O)[O-])N=C(N)N)cc1. The second kappa shape index (κ2) is 6.09. The van der Waals surface area contributed by atoms with Crippen molar-refractivity contribution in [3.63, 3.8) is 0 Å². The first-order valence-electron chi connectivity index (χ1n) is 4.87. The molecule has 1 aromatic carbocycles. The van der Waals surface area contributed by atoms with Crippen molar-refractivity contribution in [1.82, 2.24) is 0 Å². The van der Waals surface area contributed by atoms with Gasteiger partial charge in [-0.25, -0.2) is 0 Å². The van der Waals surface area contributed by atoms with Gasteiger partial charge >= 0.3 is 0 Å². The number of benzene rings is 1. The minimum atomic E-state index is -0.654. The van der Waals surface area contributed by atoms with E-state index in [1.54, 1.807) is 31.4 Å². The highest BCUT2D eigenvalue weighted by molar-refractivity contribution is 5.77. The molecule has 8 nitrogen and oxygen atoms in total. The van der Waals surface area contributed by atoms with E-state index < -0.39 is 4.92 Å². The van der Waals surface area contributed by atoms with Gasteiger partial charge in [0.15, 0.2) is 5.96 Å². The maximum atomic E-state index is 10.4. The van der Waals surface area contributed by atoms with Gasteiger partial charge in [-0.1, -0.05) is 0 Å². The van der Waals surface area contributed by atoms with E-state index in [0.717, 1.165) is 0 Å². The summed E-state index contributed by atoms with van der Waals surface area (Å²) in [7, 11) is 1.54. The monoisotopic (exact) mass is 251 g/mol. The standard InChI is InChI=1S/C10H13N5O3/c1-18-8-4-2-7(3-5-8)13-9(6-15(16)17)14-10(11)12/h2-6,13H,1H3,(H4,11,12,14). The number of aliphatic imine (C=N–C) groups is 1. The molecule has 1 rings (SSSR count). The summed E-state index contributed by atoms with van der Waals surface area (Å²) in [4.78, 5) is 13.3. The fraction of sp³-hybridized carbons (Fsp3) is 0.100. The van der Waals surface area contributed by atoms with E-state index in [1.165, 1.54) is 0 Å². The van der Waals surface area contributed by atoms with Crippen molar-refractivity contribution < 1.29 is 9.66 Å². The molecule has 0 spiro atoms. The zero-order valence-electron chi connectivity index (χ0n) is 9.66. The number of nitro groups is 1. The maximum absolute atomic E-state index is 10.4. The molecule has 0 atom stereocenters. The smallest absolute Gasteiger partial charge is 0.276 e. The first-order valence-corrected chi connectivity index (χ1v) is 4.87. The number of nitrogens with two attached hydrogens (primary N) is 2. The third kappa shape index (κ3) is 4.39. The third-order valence-electron chi connectivity index (χ3n) is 1.84. The summed E-state index contributed by atoms with van der Waals surface area (Å²) in [6, 6.07) is 6.74. The van der Waals surface area contributed by atoms with Crippen molar-refractivity contribution in [3.8, 4) is 5.75 Å². The Morgan fingerprint density at radius 3 is 2.50 bits per heavy atom. The third-order valence-corrected chi connectivity index (χ3v) is 1.84. The van der Waals surface area contributed by atoms with Crippen molar-refractivity contribution in [2.75, 3.05) is 12.4 Å². The second-order valence-corrected chi connectivity index (χ2v) is 3.19. The van der Waals surface area contributed by atoms with Gasteiger partial charge in [-0.15, -0.1) is 0 Å². The van der Waals surface area contributed by atoms with Gasteiger partial charge in [0.1, 0.15) is 5.75 Å². The zero-order valence-corrected chi connectivity index (χ0v) is 9.66. The van der Waals surface area contributed by atoms with E-state index >= 15 is 0 Å². The van der Waals surface area contributed by atoms with E-state index in [2.05, 4.69) is 10.3 Å². The molecule has 0 aliphatic rings. The van der Waals surface area contributed by atoms with Crippen LogP contribution in [0.2, 0.25) is 0 Å². The number of ether oxygens (including phenoxy) is 1. The van der Waals surface area contributed by atoms with Crippen LogP contribution < -0.4 is 21.5 Å². The van der Waals surface area contributed by atoms with Crippen LogP contribution in [-0.2, 0) is 0 Å². The number of methoxy groups -OCH3 is 1. The Morgan fingerprint density at radius 2 is 2.06 bits per heavy atom. The van der Waals surface area contributed by atoms with Gasteiger partial charge in [-0.3, -0.25) is 10.1 Å². The van der Waals surface area contributed by atoms with Crippen LogP contribution in [0.5, 0.6) is 5.75 Å². The van der Waals surface area contributed by atoms with Gasteiger partial charge in [-0.2, -0.15) is 4.99 Å². The summed E-state index contributed by atoms with van der Waals surface area (Å²) >= 11 is 0. The summed E-state index contributed by atoms with van der Waals surface area (Å²) in [5.74, 6) is 0.330. The number of guanidine groups is 1. The summed E-state index contributed by atoms with van der Waals surface area (Å²) < 4.78 is 4.99. The molecular formula is C10H13N5O3. The van der Waals surface area contributed by atoms with E-state index in [4.69, 9.17) is 16.2 Å². The van der Waals surface area contributed by atoms with Crippen molar-refractivity contribution in [2.24, 2.45) is 16.5 Å².